The molecule has 0 aromatic heterocycles. The summed E-state index contributed by atoms with van der Waals surface area (Å²) in [5, 5.41) is 19.4. The first kappa shape index (κ1) is 19.5. The molecule has 1 spiro atoms. The molecule has 6 heteroatoms. The van der Waals surface area contributed by atoms with Crippen molar-refractivity contribution in [1.29, 1.82) is 0 Å². The zero-order valence-corrected chi connectivity index (χ0v) is 17.5. The lowest BCUT2D eigenvalue weighted by molar-refractivity contribution is -0.0993. The molecule has 6 nitrogen and oxygen atoms in total. The number of benzene rings is 2. The fraction of sp³-hybridized carbons (Fsp3) is 0.500. The maximum Gasteiger partial charge on any atom is 0.165 e. The third-order valence-corrected chi connectivity index (χ3v) is 7.70. The topological polar surface area (TPSA) is 88.2 Å². The van der Waals surface area contributed by atoms with Crippen molar-refractivity contribution in [3.63, 3.8) is 0 Å². The van der Waals surface area contributed by atoms with E-state index in [9.17, 15) is 5.11 Å². The third-order valence-electron chi connectivity index (χ3n) is 7.70. The number of likely N-dealkylation sites (N-methyl/N-ethyl adjacent to an activating group) is 1. The molecule has 5 atom stereocenters. The van der Waals surface area contributed by atoms with E-state index in [1.165, 1.54) is 11.1 Å². The number of nitrogens with zero attached hydrogens (tertiary/aromatic N) is 1. The molecule has 0 unspecified atom stereocenters. The number of hydrogen-bond donors (Lipinski definition) is 3. The zero-order valence-electron chi connectivity index (χ0n) is 17.5. The second-order valence-electron chi connectivity index (χ2n) is 9.02. The van der Waals surface area contributed by atoms with Gasteiger partial charge < -0.3 is 30.3 Å². The van der Waals surface area contributed by atoms with Crippen LogP contribution in [-0.4, -0.2) is 54.1 Å². The fourth-order valence-corrected chi connectivity index (χ4v) is 6.35. The van der Waals surface area contributed by atoms with Crippen molar-refractivity contribution in [2.45, 2.75) is 49.3 Å². The van der Waals surface area contributed by atoms with Crippen LogP contribution >= 0.6 is 0 Å². The molecule has 0 amide bonds. The second-order valence-corrected chi connectivity index (χ2v) is 9.02. The van der Waals surface area contributed by atoms with Crippen LogP contribution in [0.4, 0.5) is 5.69 Å². The van der Waals surface area contributed by atoms with E-state index < -0.39 is 0 Å². The quantitative estimate of drug-likeness (QED) is 0.495. The first-order chi connectivity index (χ1) is 14.5. The molecule has 1 saturated heterocycles. The van der Waals surface area contributed by atoms with Gasteiger partial charge in [-0.15, -0.1) is 0 Å². The Morgan fingerprint density at radius 2 is 2.00 bits per heavy atom. The first-order valence-electron chi connectivity index (χ1n) is 10.8. The number of phenolic OH excluding ortho intramolecular Hbond substituents is 1. The van der Waals surface area contributed by atoms with E-state index in [1.54, 1.807) is 31.4 Å². The Bertz CT molecular complexity index is 943. The lowest BCUT2D eigenvalue weighted by Crippen LogP contribution is -2.66. The predicted octanol–water partition coefficient (Wildman–Crippen LogP) is 2.70. The van der Waals surface area contributed by atoms with Crippen molar-refractivity contribution in [2.24, 2.45) is 5.92 Å². The van der Waals surface area contributed by atoms with Crippen molar-refractivity contribution in [3.05, 3.63) is 47.5 Å². The molecule has 2 heterocycles. The number of nitrogens with two attached hydrogens (primary N) is 1. The minimum atomic E-state index is -0.358. The Hall–Kier alpha value is -2.44. The summed E-state index contributed by atoms with van der Waals surface area (Å²) in [5.41, 5.74) is 8.47. The van der Waals surface area contributed by atoms with Gasteiger partial charge in [-0.3, -0.25) is 0 Å². The number of para-hydroxylation sites is 2. The van der Waals surface area contributed by atoms with Crippen LogP contribution in [-0.2, 0) is 11.8 Å². The van der Waals surface area contributed by atoms with E-state index in [1.807, 2.05) is 6.07 Å². The number of rotatable bonds is 1. The summed E-state index contributed by atoms with van der Waals surface area (Å²) in [6, 6.07) is 11.5. The Kier molecular flexibility index (Phi) is 4.60. The molecule has 160 valence electrons. The molecule has 30 heavy (non-hydrogen) atoms. The van der Waals surface area contributed by atoms with E-state index >= 15 is 0 Å². The largest absolute Gasteiger partial charge is 0.506 e. The number of anilines is 1. The number of hydrogen-bond acceptors (Lipinski definition) is 6. The standard InChI is InChI=1S/C18H23NO3.C6H7NO/c1-19-8-7-18-11-4-5-13(20)17(18)22-16-14(21-2)6-3-10(15(16)18)9-12(11)19;7-5-3-1-2-4-6(5)8/h3,6,11-13,17,20H,4-5,7-9H2,1-2H3;1-4,8H,7H2/t11-,12+,13-,17-,18-;/m0./s1. The molecule has 4 aliphatic rings. The smallest absolute Gasteiger partial charge is 0.165 e. The number of methoxy groups -OCH3 is 1. The summed E-state index contributed by atoms with van der Waals surface area (Å²) in [6.45, 7) is 1.09. The molecule has 2 aliphatic carbocycles. The number of nitrogen functional groups attached to an aromatic ring is 1. The number of phenols is 1. The van der Waals surface area contributed by atoms with E-state index in [0.717, 1.165) is 43.7 Å². The van der Waals surface area contributed by atoms with Crippen LogP contribution in [0.2, 0.25) is 0 Å². The molecule has 1 saturated carbocycles. The van der Waals surface area contributed by atoms with Crippen LogP contribution < -0.4 is 15.2 Å². The van der Waals surface area contributed by atoms with Gasteiger partial charge in [0.25, 0.3) is 0 Å². The summed E-state index contributed by atoms with van der Waals surface area (Å²) in [4.78, 5) is 2.52. The van der Waals surface area contributed by atoms with Crippen molar-refractivity contribution in [2.75, 3.05) is 26.4 Å². The second kappa shape index (κ2) is 7.06. The molecule has 2 aliphatic heterocycles. The van der Waals surface area contributed by atoms with Gasteiger partial charge in [-0.05, 0) is 69.0 Å². The van der Waals surface area contributed by atoms with Crippen molar-refractivity contribution in [1.82, 2.24) is 4.90 Å². The maximum absolute atomic E-state index is 10.6. The zero-order chi connectivity index (χ0) is 21.0. The molecule has 6 rings (SSSR count). The Balaban J connectivity index is 0.000000205. The van der Waals surface area contributed by atoms with Crippen LogP contribution in [0.25, 0.3) is 0 Å². The Morgan fingerprint density at radius 1 is 1.20 bits per heavy atom. The van der Waals surface area contributed by atoms with Gasteiger partial charge in [0.05, 0.1) is 18.9 Å². The van der Waals surface area contributed by atoms with Gasteiger partial charge in [0.2, 0.25) is 0 Å². The van der Waals surface area contributed by atoms with Crippen molar-refractivity contribution < 1.29 is 19.7 Å². The molecular formula is C24H30N2O4. The highest BCUT2D eigenvalue weighted by Crippen LogP contribution is 2.63. The van der Waals surface area contributed by atoms with Crippen LogP contribution in [0.1, 0.15) is 30.4 Å². The lowest BCUT2D eigenvalue weighted by atomic mass is 9.51. The van der Waals surface area contributed by atoms with Crippen LogP contribution in [0.5, 0.6) is 17.2 Å². The molecule has 2 bridgehead atoms. The summed E-state index contributed by atoms with van der Waals surface area (Å²) in [7, 11) is 3.96. The summed E-state index contributed by atoms with van der Waals surface area (Å²) < 4.78 is 11.9. The molecular weight excluding hydrogens is 380 g/mol. The highest BCUT2D eigenvalue weighted by molar-refractivity contribution is 5.61. The van der Waals surface area contributed by atoms with Gasteiger partial charge in [0, 0.05) is 17.0 Å². The van der Waals surface area contributed by atoms with E-state index in [4.69, 9.17) is 20.3 Å². The Labute approximate surface area is 177 Å². The average molecular weight is 411 g/mol. The minimum Gasteiger partial charge on any atom is -0.506 e. The number of aliphatic hydroxyl groups excluding tert-OH is 1. The number of aliphatic hydroxyl groups is 1. The number of likely N-dealkylation sites (tertiary alicyclic amines) is 1. The van der Waals surface area contributed by atoms with Crippen molar-refractivity contribution in [3.8, 4) is 17.2 Å². The van der Waals surface area contributed by atoms with Gasteiger partial charge in [-0.1, -0.05) is 18.2 Å². The van der Waals surface area contributed by atoms with Crippen molar-refractivity contribution >= 4 is 5.69 Å². The molecule has 2 aromatic rings. The molecule has 0 radical (unpaired) electrons. The average Bonchev–Trinajstić information content (AvgIpc) is 3.10. The third kappa shape index (κ3) is 2.63. The monoisotopic (exact) mass is 410 g/mol. The van der Waals surface area contributed by atoms with Gasteiger partial charge in [0.15, 0.2) is 11.5 Å². The number of aromatic hydroxyl groups is 1. The van der Waals surface area contributed by atoms with E-state index in [0.29, 0.717) is 17.6 Å². The van der Waals surface area contributed by atoms with Gasteiger partial charge in [-0.2, -0.15) is 0 Å². The minimum absolute atomic E-state index is 0.00625. The molecule has 2 aromatic carbocycles. The highest BCUT2D eigenvalue weighted by atomic mass is 16.5. The van der Waals surface area contributed by atoms with Gasteiger partial charge in [-0.25, -0.2) is 0 Å². The molecule has 2 fully saturated rings. The van der Waals surface area contributed by atoms with Crippen LogP contribution in [0.3, 0.4) is 0 Å². The summed E-state index contributed by atoms with van der Waals surface area (Å²) in [6.07, 6.45) is 3.69. The van der Waals surface area contributed by atoms with E-state index in [-0.39, 0.29) is 23.4 Å². The van der Waals surface area contributed by atoms with Crippen LogP contribution in [0, 0.1) is 5.92 Å². The van der Waals surface area contributed by atoms with Gasteiger partial charge in [0.1, 0.15) is 11.9 Å². The lowest BCUT2D eigenvalue weighted by Gasteiger charge is -2.58. The molecule has 4 N–H and O–H groups in total. The SMILES string of the molecule is COc1ccc2c3c1O[C@H]1[C@@H](O)CC[C@H]4[C@@H](C2)N(C)CC[C@@]341.Nc1ccccc1O. The normalized spacial score (nSPS) is 33.0. The summed E-state index contributed by atoms with van der Waals surface area (Å²) in [5.74, 6) is 2.48. The van der Waals surface area contributed by atoms with E-state index in [2.05, 4.69) is 18.0 Å². The number of piperidine rings is 1. The first-order valence-corrected chi connectivity index (χ1v) is 10.8. The highest BCUT2D eigenvalue weighted by Gasteiger charge is 2.65. The van der Waals surface area contributed by atoms with Gasteiger partial charge >= 0.3 is 0 Å². The fourth-order valence-electron chi connectivity index (χ4n) is 6.35. The van der Waals surface area contributed by atoms with Crippen LogP contribution in [0.15, 0.2) is 36.4 Å². The Morgan fingerprint density at radius 3 is 2.70 bits per heavy atom. The predicted molar refractivity (Wildman–Crippen MR) is 115 cm³/mol. The summed E-state index contributed by atoms with van der Waals surface area (Å²) >= 11 is 0. The number of ether oxygens (including phenoxy) is 2. The maximum atomic E-state index is 10.6.